The number of nitrogens with zero attached hydrogens (tertiary/aromatic N) is 1. The van der Waals surface area contributed by atoms with Crippen LogP contribution >= 0.6 is 24.0 Å². The van der Waals surface area contributed by atoms with Crippen molar-refractivity contribution in [3.05, 3.63) is 52.3 Å². The minimum atomic E-state index is -0.372. The van der Waals surface area contributed by atoms with Gasteiger partial charge in [-0.05, 0) is 36.6 Å². The maximum Gasteiger partial charge on any atom is 0.255 e. The topological polar surface area (TPSA) is 160 Å². The Balaban J connectivity index is 0.00000363. The number of benzene rings is 2. The molecule has 8 N–H and O–H groups in total. The van der Waals surface area contributed by atoms with Crippen LogP contribution < -0.4 is 20.5 Å². The fraction of sp³-hybridized carbons (Fsp3) is 0.409. The van der Waals surface area contributed by atoms with Crippen molar-refractivity contribution in [2.45, 2.75) is 25.4 Å². The highest BCUT2D eigenvalue weighted by Crippen LogP contribution is 2.29. The first-order valence-corrected chi connectivity index (χ1v) is 10.5. The SMILES string of the molecule is COc1ccc(CN2CCC(NC(=O)c3cc(Cl)c(N)cc3OCCO)CC2)cc1F.Cl.O.O. The third kappa shape index (κ3) is 8.15. The van der Waals surface area contributed by atoms with Crippen LogP contribution in [0.15, 0.2) is 30.3 Å². The van der Waals surface area contributed by atoms with Crippen LogP contribution in [0, 0.1) is 5.82 Å². The molecule has 1 heterocycles. The van der Waals surface area contributed by atoms with Gasteiger partial charge in [-0.3, -0.25) is 9.69 Å². The molecule has 1 saturated heterocycles. The van der Waals surface area contributed by atoms with Crippen molar-refractivity contribution in [2.24, 2.45) is 0 Å². The number of aliphatic hydroxyl groups excluding tert-OH is 1. The van der Waals surface area contributed by atoms with Crippen LogP contribution in [-0.2, 0) is 6.54 Å². The molecule has 192 valence electrons. The Morgan fingerprint density at radius 2 is 1.91 bits per heavy atom. The number of likely N-dealkylation sites (tertiary alicyclic amines) is 1. The first kappa shape index (κ1) is 31.7. The molecular weight excluding hydrogens is 492 g/mol. The second-order valence-electron chi connectivity index (χ2n) is 7.43. The first-order valence-electron chi connectivity index (χ1n) is 10.1. The van der Waals surface area contributed by atoms with Crippen LogP contribution in [0.3, 0.4) is 0 Å². The number of halogens is 3. The van der Waals surface area contributed by atoms with E-state index in [9.17, 15) is 9.18 Å². The van der Waals surface area contributed by atoms with Gasteiger partial charge in [-0.2, -0.15) is 0 Å². The highest BCUT2D eigenvalue weighted by Gasteiger charge is 2.23. The number of carbonyl (C=O) groups is 1. The summed E-state index contributed by atoms with van der Waals surface area (Å²) >= 11 is 6.08. The zero-order chi connectivity index (χ0) is 22.4. The van der Waals surface area contributed by atoms with Crippen LogP contribution in [0.4, 0.5) is 10.1 Å². The number of carbonyl (C=O) groups excluding carboxylic acids is 1. The summed E-state index contributed by atoms with van der Waals surface area (Å²) in [6.45, 7) is 2.05. The fourth-order valence-electron chi connectivity index (χ4n) is 3.59. The average molecular weight is 524 g/mol. The van der Waals surface area contributed by atoms with E-state index < -0.39 is 0 Å². The maximum absolute atomic E-state index is 13.9. The van der Waals surface area contributed by atoms with Gasteiger partial charge in [0.2, 0.25) is 0 Å². The molecule has 9 nitrogen and oxygen atoms in total. The first-order chi connectivity index (χ1) is 14.9. The summed E-state index contributed by atoms with van der Waals surface area (Å²) < 4.78 is 24.3. The van der Waals surface area contributed by atoms with Gasteiger partial charge in [0.25, 0.3) is 5.91 Å². The Morgan fingerprint density at radius 1 is 1.24 bits per heavy atom. The molecule has 1 aliphatic rings. The van der Waals surface area contributed by atoms with E-state index in [2.05, 4.69) is 10.2 Å². The van der Waals surface area contributed by atoms with E-state index in [1.807, 2.05) is 6.07 Å². The summed E-state index contributed by atoms with van der Waals surface area (Å²) in [7, 11) is 1.44. The number of rotatable bonds is 8. The van der Waals surface area contributed by atoms with Gasteiger partial charge >= 0.3 is 0 Å². The van der Waals surface area contributed by atoms with Gasteiger partial charge < -0.3 is 36.6 Å². The standard InChI is InChI=1S/C22H27ClFN3O4.ClH.2H2O/c1-30-20-3-2-14(10-18(20)24)13-27-6-4-15(5-7-27)26-22(29)16-11-17(23)19(25)12-21(16)31-9-8-28;;;/h2-3,10-12,15,28H,4-9,13,25H2,1H3,(H,26,29);1H;2*1H2. The second kappa shape index (κ2) is 14.8. The molecule has 0 atom stereocenters. The van der Waals surface area contributed by atoms with Gasteiger partial charge in [0.15, 0.2) is 11.6 Å². The molecule has 12 heteroatoms. The van der Waals surface area contributed by atoms with Crippen molar-refractivity contribution in [2.75, 3.05) is 39.1 Å². The minimum absolute atomic E-state index is 0. The van der Waals surface area contributed by atoms with Crippen LogP contribution in [0.2, 0.25) is 5.02 Å². The Hall–Kier alpha value is -2.34. The molecule has 0 radical (unpaired) electrons. The second-order valence-corrected chi connectivity index (χ2v) is 7.84. The predicted octanol–water partition coefficient (Wildman–Crippen LogP) is 1.61. The van der Waals surface area contributed by atoms with E-state index in [-0.39, 0.29) is 76.4 Å². The summed E-state index contributed by atoms with van der Waals surface area (Å²) in [4.78, 5) is 15.0. The summed E-state index contributed by atoms with van der Waals surface area (Å²) in [5, 5.41) is 12.3. The largest absolute Gasteiger partial charge is 0.494 e. The van der Waals surface area contributed by atoms with Crippen molar-refractivity contribution in [3.8, 4) is 11.5 Å². The quantitative estimate of drug-likeness (QED) is 0.445. The van der Waals surface area contributed by atoms with Crippen molar-refractivity contribution in [1.82, 2.24) is 10.2 Å². The number of amides is 1. The molecule has 1 amide bonds. The van der Waals surface area contributed by atoms with Gasteiger partial charge in [-0.1, -0.05) is 17.7 Å². The van der Waals surface area contributed by atoms with Crippen LogP contribution in [0.1, 0.15) is 28.8 Å². The highest BCUT2D eigenvalue weighted by molar-refractivity contribution is 6.33. The van der Waals surface area contributed by atoms with Crippen molar-refractivity contribution < 1.29 is 34.7 Å². The number of aliphatic hydroxyl groups is 1. The molecule has 34 heavy (non-hydrogen) atoms. The third-order valence-electron chi connectivity index (χ3n) is 5.24. The summed E-state index contributed by atoms with van der Waals surface area (Å²) in [6.07, 6.45) is 1.53. The van der Waals surface area contributed by atoms with Crippen molar-refractivity contribution >= 4 is 35.6 Å². The molecule has 0 spiro atoms. The number of nitrogens with one attached hydrogen (secondary N) is 1. The molecule has 3 rings (SSSR count). The molecule has 0 aromatic heterocycles. The Labute approximate surface area is 209 Å². The van der Waals surface area contributed by atoms with Gasteiger partial charge in [0, 0.05) is 31.7 Å². The number of nitrogens with two attached hydrogens (primary N) is 1. The molecule has 1 fully saturated rings. The molecule has 0 bridgehead atoms. The average Bonchev–Trinajstić information content (AvgIpc) is 2.75. The maximum atomic E-state index is 13.9. The number of nitrogen functional groups attached to an aromatic ring is 1. The van der Waals surface area contributed by atoms with Crippen molar-refractivity contribution in [1.29, 1.82) is 0 Å². The van der Waals surface area contributed by atoms with Gasteiger partial charge in [0.05, 0.1) is 30.0 Å². The van der Waals surface area contributed by atoms with E-state index in [1.54, 1.807) is 6.07 Å². The number of ether oxygens (including phenoxy) is 2. The zero-order valence-corrected chi connectivity index (χ0v) is 20.3. The molecule has 2 aromatic rings. The smallest absolute Gasteiger partial charge is 0.255 e. The lowest BCUT2D eigenvalue weighted by molar-refractivity contribution is 0.0903. The van der Waals surface area contributed by atoms with Gasteiger partial charge in [0.1, 0.15) is 12.4 Å². The fourth-order valence-corrected chi connectivity index (χ4v) is 3.75. The normalized spacial score (nSPS) is 13.6. The van der Waals surface area contributed by atoms with E-state index in [4.69, 9.17) is 31.9 Å². The van der Waals surface area contributed by atoms with Gasteiger partial charge in [-0.25, -0.2) is 4.39 Å². The van der Waals surface area contributed by atoms with Gasteiger partial charge in [-0.15, -0.1) is 12.4 Å². The van der Waals surface area contributed by atoms with Crippen LogP contribution in [0.5, 0.6) is 11.5 Å². The van der Waals surface area contributed by atoms with E-state index >= 15 is 0 Å². The predicted molar refractivity (Wildman–Crippen MR) is 132 cm³/mol. The molecule has 0 aliphatic carbocycles. The molecule has 2 aromatic carbocycles. The third-order valence-corrected chi connectivity index (χ3v) is 5.56. The van der Waals surface area contributed by atoms with E-state index in [0.717, 1.165) is 31.5 Å². The Morgan fingerprint density at radius 3 is 2.50 bits per heavy atom. The zero-order valence-electron chi connectivity index (χ0n) is 18.8. The number of hydrogen-bond donors (Lipinski definition) is 3. The Bertz CT molecular complexity index is 930. The number of piperidine rings is 1. The van der Waals surface area contributed by atoms with Crippen molar-refractivity contribution in [3.63, 3.8) is 0 Å². The lowest BCUT2D eigenvalue weighted by Gasteiger charge is -2.32. The molecule has 1 aliphatic heterocycles. The van der Waals surface area contributed by atoms with E-state index in [0.29, 0.717) is 12.2 Å². The van der Waals surface area contributed by atoms with Crippen LogP contribution in [0.25, 0.3) is 0 Å². The highest BCUT2D eigenvalue weighted by atomic mass is 35.5. The van der Waals surface area contributed by atoms with Crippen LogP contribution in [-0.4, -0.2) is 66.3 Å². The summed E-state index contributed by atoms with van der Waals surface area (Å²) in [5.41, 5.74) is 7.27. The number of anilines is 1. The molecule has 0 unspecified atom stereocenters. The number of hydrogen-bond acceptors (Lipinski definition) is 6. The minimum Gasteiger partial charge on any atom is -0.494 e. The molecular formula is C22H32Cl2FN3O6. The lowest BCUT2D eigenvalue weighted by atomic mass is 10.0. The van der Waals surface area contributed by atoms with E-state index in [1.165, 1.54) is 25.3 Å². The summed E-state index contributed by atoms with van der Waals surface area (Å²) in [6, 6.07) is 7.94. The number of methoxy groups -OCH3 is 1. The lowest BCUT2D eigenvalue weighted by Crippen LogP contribution is -2.44. The monoisotopic (exact) mass is 523 g/mol. The Kier molecular flexibility index (Phi) is 13.8. The molecule has 0 saturated carbocycles. The summed E-state index contributed by atoms with van der Waals surface area (Å²) in [5.74, 6) is -0.156.